The minimum atomic E-state index is -0.412. The van der Waals surface area contributed by atoms with Crippen molar-refractivity contribution in [3.8, 4) is 11.5 Å². The Morgan fingerprint density at radius 2 is 2.35 bits per heavy atom. The summed E-state index contributed by atoms with van der Waals surface area (Å²) in [4.78, 5) is 2.26. The van der Waals surface area contributed by atoms with E-state index in [1.165, 1.54) is 5.56 Å². The molecular weight excluding hydrogens is 290 g/mol. The van der Waals surface area contributed by atoms with E-state index in [0.29, 0.717) is 0 Å². The van der Waals surface area contributed by atoms with Gasteiger partial charge in [-0.3, -0.25) is 0 Å². The van der Waals surface area contributed by atoms with Gasteiger partial charge in [-0.15, -0.1) is 6.58 Å². The Bertz CT molecular complexity index is 574. The van der Waals surface area contributed by atoms with Crippen molar-refractivity contribution in [2.45, 2.75) is 43.3 Å². The van der Waals surface area contributed by atoms with Gasteiger partial charge in [0.05, 0.1) is 13.2 Å². The van der Waals surface area contributed by atoms with E-state index >= 15 is 0 Å². The molecule has 126 valence electrons. The Morgan fingerprint density at radius 3 is 3.09 bits per heavy atom. The van der Waals surface area contributed by atoms with Crippen LogP contribution in [-0.2, 0) is 5.41 Å². The lowest BCUT2D eigenvalue weighted by molar-refractivity contribution is -0.0306. The molecule has 0 radical (unpaired) electrons. The van der Waals surface area contributed by atoms with Crippen LogP contribution in [0.15, 0.2) is 30.9 Å². The number of likely N-dealkylation sites (N-methyl/N-ethyl adjacent to an activating group) is 1. The van der Waals surface area contributed by atoms with Crippen molar-refractivity contribution in [1.29, 1.82) is 0 Å². The summed E-state index contributed by atoms with van der Waals surface area (Å²) >= 11 is 0. The van der Waals surface area contributed by atoms with E-state index < -0.39 is 6.10 Å². The fourth-order valence-corrected chi connectivity index (χ4v) is 4.19. The normalized spacial score (nSPS) is 28.9. The Labute approximate surface area is 138 Å². The third-order valence-corrected chi connectivity index (χ3v) is 5.38. The van der Waals surface area contributed by atoms with Crippen LogP contribution in [0.2, 0.25) is 0 Å². The summed E-state index contributed by atoms with van der Waals surface area (Å²) in [5.74, 6) is 1.59. The van der Waals surface area contributed by atoms with Gasteiger partial charge in [-0.1, -0.05) is 18.2 Å². The van der Waals surface area contributed by atoms with Crippen LogP contribution in [-0.4, -0.2) is 49.5 Å². The zero-order valence-electron chi connectivity index (χ0n) is 14.1. The fraction of sp³-hybridized carbons (Fsp3) is 0.579. The summed E-state index contributed by atoms with van der Waals surface area (Å²) in [7, 11) is 3.77. The van der Waals surface area contributed by atoms with Gasteiger partial charge in [-0.05, 0) is 45.3 Å². The highest BCUT2D eigenvalue weighted by atomic mass is 16.5. The first kappa shape index (κ1) is 16.3. The summed E-state index contributed by atoms with van der Waals surface area (Å²) < 4.78 is 11.7. The number of nitrogens with zero attached hydrogens (tertiary/aromatic N) is 1. The molecule has 0 aromatic heterocycles. The first-order valence-electron chi connectivity index (χ1n) is 8.44. The Hall–Kier alpha value is -1.52. The van der Waals surface area contributed by atoms with Crippen molar-refractivity contribution >= 4 is 0 Å². The Morgan fingerprint density at radius 1 is 1.52 bits per heavy atom. The van der Waals surface area contributed by atoms with Crippen molar-refractivity contribution in [2.24, 2.45) is 0 Å². The SMILES string of the molecule is C=CCN(C)CC[C@@]12CCC[C@@H](O)[C@@H]1Oc1c(OC)cccc12. The summed E-state index contributed by atoms with van der Waals surface area (Å²) in [5, 5.41) is 10.6. The lowest BCUT2D eigenvalue weighted by Crippen LogP contribution is -2.50. The number of para-hydroxylation sites is 1. The highest BCUT2D eigenvalue weighted by Crippen LogP contribution is 2.55. The number of ether oxygens (including phenoxy) is 2. The third kappa shape index (κ3) is 2.74. The van der Waals surface area contributed by atoms with Crippen LogP contribution in [0.1, 0.15) is 31.2 Å². The molecule has 1 aliphatic heterocycles. The molecule has 23 heavy (non-hydrogen) atoms. The number of hydrogen-bond acceptors (Lipinski definition) is 4. The van der Waals surface area contributed by atoms with Gasteiger partial charge in [0.15, 0.2) is 11.5 Å². The Kier molecular flexibility index (Phi) is 4.64. The van der Waals surface area contributed by atoms with E-state index in [0.717, 1.165) is 50.3 Å². The van der Waals surface area contributed by atoms with Crippen molar-refractivity contribution in [3.05, 3.63) is 36.4 Å². The molecule has 4 nitrogen and oxygen atoms in total. The fourth-order valence-electron chi connectivity index (χ4n) is 4.19. The van der Waals surface area contributed by atoms with Crippen LogP contribution in [0.3, 0.4) is 0 Å². The van der Waals surface area contributed by atoms with Crippen molar-refractivity contribution in [1.82, 2.24) is 4.90 Å². The first-order chi connectivity index (χ1) is 11.1. The van der Waals surface area contributed by atoms with Gasteiger partial charge in [0, 0.05) is 17.5 Å². The number of aliphatic hydroxyl groups excluding tert-OH is 1. The molecule has 0 bridgehead atoms. The molecule has 0 unspecified atom stereocenters. The van der Waals surface area contributed by atoms with Gasteiger partial charge in [0.2, 0.25) is 0 Å². The maximum atomic E-state index is 10.6. The highest BCUT2D eigenvalue weighted by molar-refractivity contribution is 5.54. The topological polar surface area (TPSA) is 41.9 Å². The van der Waals surface area contributed by atoms with E-state index in [-0.39, 0.29) is 11.5 Å². The monoisotopic (exact) mass is 317 g/mol. The largest absolute Gasteiger partial charge is 0.493 e. The van der Waals surface area contributed by atoms with Crippen LogP contribution in [0.4, 0.5) is 0 Å². The molecule has 1 aromatic rings. The molecule has 3 rings (SSSR count). The third-order valence-electron chi connectivity index (χ3n) is 5.38. The quantitative estimate of drug-likeness (QED) is 0.819. The second-order valence-corrected chi connectivity index (χ2v) is 6.79. The molecule has 4 heteroatoms. The summed E-state index contributed by atoms with van der Waals surface area (Å²) in [6.45, 7) is 5.63. The zero-order valence-corrected chi connectivity index (χ0v) is 14.1. The molecule has 1 saturated carbocycles. The predicted octanol–water partition coefficient (Wildman–Crippen LogP) is 2.75. The lowest BCUT2D eigenvalue weighted by atomic mass is 9.65. The number of benzene rings is 1. The lowest BCUT2D eigenvalue weighted by Gasteiger charge is -2.41. The van der Waals surface area contributed by atoms with Crippen LogP contribution in [0.25, 0.3) is 0 Å². The second kappa shape index (κ2) is 6.54. The molecule has 1 aromatic carbocycles. The van der Waals surface area contributed by atoms with E-state index in [1.54, 1.807) is 7.11 Å². The van der Waals surface area contributed by atoms with E-state index in [1.807, 2.05) is 18.2 Å². The summed E-state index contributed by atoms with van der Waals surface area (Å²) in [6, 6.07) is 6.10. The number of methoxy groups -OCH3 is 1. The average Bonchev–Trinajstić information content (AvgIpc) is 2.90. The van der Waals surface area contributed by atoms with Gasteiger partial charge in [0.25, 0.3) is 0 Å². The molecule has 1 aliphatic carbocycles. The molecular formula is C19H27NO3. The van der Waals surface area contributed by atoms with E-state index in [2.05, 4.69) is 24.6 Å². The average molecular weight is 317 g/mol. The Balaban J connectivity index is 1.95. The maximum absolute atomic E-state index is 10.6. The molecule has 2 aliphatic rings. The minimum absolute atomic E-state index is 0.114. The maximum Gasteiger partial charge on any atom is 0.165 e. The van der Waals surface area contributed by atoms with Crippen LogP contribution in [0, 0.1) is 0 Å². The highest BCUT2D eigenvalue weighted by Gasteiger charge is 2.54. The number of fused-ring (bicyclic) bond motifs is 3. The van der Waals surface area contributed by atoms with Gasteiger partial charge in [0.1, 0.15) is 6.10 Å². The van der Waals surface area contributed by atoms with E-state index in [4.69, 9.17) is 9.47 Å². The van der Waals surface area contributed by atoms with Crippen LogP contribution < -0.4 is 9.47 Å². The standard InChI is InChI=1S/C19H27NO3/c1-4-12-20(2)13-11-19-10-6-8-15(21)18(19)23-17-14(19)7-5-9-16(17)22-3/h4-5,7,9,15,18,21H,1,6,8,10-13H2,2-3H3/t15-,18+,19-/m1/s1. The molecule has 1 N–H and O–H groups in total. The van der Waals surface area contributed by atoms with Crippen molar-refractivity contribution in [3.63, 3.8) is 0 Å². The number of rotatable bonds is 6. The van der Waals surface area contributed by atoms with Crippen LogP contribution in [0.5, 0.6) is 11.5 Å². The van der Waals surface area contributed by atoms with Gasteiger partial charge >= 0.3 is 0 Å². The van der Waals surface area contributed by atoms with Gasteiger partial charge in [-0.2, -0.15) is 0 Å². The van der Waals surface area contributed by atoms with Crippen molar-refractivity contribution < 1.29 is 14.6 Å². The molecule has 0 amide bonds. The second-order valence-electron chi connectivity index (χ2n) is 6.79. The summed E-state index contributed by atoms with van der Waals surface area (Å²) in [5.41, 5.74) is 1.09. The molecule has 3 atom stereocenters. The number of hydrogen-bond donors (Lipinski definition) is 1. The van der Waals surface area contributed by atoms with Gasteiger partial charge < -0.3 is 19.5 Å². The van der Waals surface area contributed by atoms with Crippen LogP contribution >= 0.6 is 0 Å². The summed E-state index contributed by atoms with van der Waals surface area (Å²) in [6.07, 6.45) is 5.21. The molecule has 1 heterocycles. The van der Waals surface area contributed by atoms with E-state index in [9.17, 15) is 5.11 Å². The van der Waals surface area contributed by atoms with Gasteiger partial charge in [-0.25, -0.2) is 0 Å². The first-order valence-corrected chi connectivity index (χ1v) is 8.44. The predicted molar refractivity (Wildman–Crippen MR) is 91.3 cm³/mol. The minimum Gasteiger partial charge on any atom is -0.493 e. The molecule has 1 fully saturated rings. The zero-order chi connectivity index (χ0) is 16.4. The smallest absolute Gasteiger partial charge is 0.165 e. The number of aliphatic hydroxyl groups is 1. The molecule has 0 spiro atoms. The molecule has 0 saturated heterocycles. The van der Waals surface area contributed by atoms with Crippen molar-refractivity contribution in [2.75, 3.05) is 27.2 Å².